The number of hydrogen-bond acceptors (Lipinski definition) is 4. The van der Waals surface area contributed by atoms with E-state index in [0.717, 1.165) is 24.1 Å². The minimum absolute atomic E-state index is 0.0980. The van der Waals surface area contributed by atoms with Crippen LogP contribution in [0.5, 0.6) is 0 Å². The van der Waals surface area contributed by atoms with Crippen LogP contribution in [0.15, 0.2) is 65.2 Å². The van der Waals surface area contributed by atoms with Crippen molar-refractivity contribution < 1.29 is 14.1 Å². The zero-order valence-corrected chi connectivity index (χ0v) is 18.6. The Bertz CT molecular complexity index is 1090. The molecule has 1 aliphatic heterocycles. The van der Waals surface area contributed by atoms with Crippen LogP contribution in [0.4, 0.5) is 0 Å². The Hall–Kier alpha value is -3.41. The fourth-order valence-electron chi connectivity index (χ4n) is 4.62. The van der Waals surface area contributed by atoms with Crippen LogP contribution in [0.2, 0.25) is 0 Å². The van der Waals surface area contributed by atoms with E-state index in [1.165, 1.54) is 18.1 Å². The lowest BCUT2D eigenvalue weighted by Crippen LogP contribution is -2.58. The van der Waals surface area contributed by atoms with Crippen LogP contribution in [0.25, 0.3) is 11.3 Å². The number of rotatable bonds is 7. The van der Waals surface area contributed by atoms with Gasteiger partial charge in [0.1, 0.15) is 17.0 Å². The molecule has 0 saturated carbocycles. The fraction of sp³-hybridized carbons (Fsp3) is 0.346. The van der Waals surface area contributed by atoms with E-state index >= 15 is 0 Å². The molecule has 6 heteroatoms. The number of likely N-dealkylation sites (tertiary alicyclic amines) is 1. The van der Waals surface area contributed by atoms with Crippen LogP contribution in [-0.4, -0.2) is 40.5 Å². The van der Waals surface area contributed by atoms with Gasteiger partial charge in [-0.1, -0.05) is 65.3 Å². The summed E-state index contributed by atoms with van der Waals surface area (Å²) >= 11 is 0. The molecule has 166 valence electrons. The molecule has 2 heterocycles. The van der Waals surface area contributed by atoms with Gasteiger partial charge in [-0.2, -0.15) is 0 Å². The summed E-state index contributed by atoms with van der Waals surface area (Å²) in [7, 11) is 0. The number of nitrogens with one attached hydrogen (secondary N) is 1. The van der Waals surface area contributed by atoms with Crippen LogP contribution < -0.4 is 5.32 Å². The number of aryl methyl sites for hydroxylation is 1. The Morgan fingerprint density at radius 3 is 2.69 bits per heavy atom. The van der Waals surface area contributed by atoms with E-state index in [1.807, 2.05) is 42.5 Å². The highest BCUT2D eigenvalue weighted by Gasteiger charge is 2.49. The van der Waals surface area contributed by atoms with Crippen LogP contribution in [0, 0.1) is 6.92 Å². The molecule has 1 fully saturated rings. The molecular weight excluding hydrogens is 402 g/mol. The number of carbonyl (C=O) groups excluding carboxylic acids is 2. The summed E-state index contributed by atoms with van der Waals surface area (Å²) in [5.41, 5.74) is 3.10. The lowest BCUT2D eigenvalue weighted by molar-refractivity contribution is -0.143. The lowest BCUT2D eigenvalue weighted by Gasteiger charge is -2.36. The normalized spacial score (nSPS) is 18.0. The second kappa shape index (κ2) is 9.39. The van der Waals surface area contributed by atoms with E-state index < -0.39 is 5.54 Å². The molecule has 1 atom stereocenters. The fourth-order valence-corrected chi connectivity index (χ4v) is 4.62. The van der Waals surface area contributed by atoms with E-state index in [0.29, 0.717) is 31.7 Å². The third kappa shape index (κ3) is 4.59. The molecule has 4 rings (SSSR count). The number of aromatic nitrogens is 1. The molecule has 1 aromatic heterocycles. The van der Waals surface area contributed by atoms with Crippen molar-refractivity contribution in [2.24, 2.45) is 0 Å². The standard InChI is InChI=1S/C26H29N3O3/c1-19-8-6-9-21(16-19)12-14-27-25(31)26(13-7-15-29(26)20(2)30)18-23-17-24(28-32-23)22-10-4-3-5-11-22/h3-6,8-11,16-17H,7,12-15,18H2,1-2H3,(H,27,31). The smallest absolute Gasteiger partial charge is 0.246 e. The number of nitrogens with zero attached hydrogens (tertiary/aromatic N) is 2. The van der Waals surface area contributed by atoms with Crippen LogP contribution in [0.3, 0.4) is 0 Å². The predicted octanol–water partition coefficient (Wildman–Crippen LogP) is 3.93. The van der Waals surface area contributed by atoms with Gasteiger partial charge >= 0.3 is 0 Å². The van der Waals surface area contributed by atoms with Gasteiger partial charge in [0, 0.05) is 38.1 Å². The summed E-state index contributed by atoms with van der Waals surface area (Å²) in [5.74, 6) is 0.375. The summed E-state index contributed by atoms with van der Waals surface area (Å²) in [5, 5.41) is 7.27. The van der Waals surface area contributed by atoms with Crippen LogP contribution in [-0.2, 0) is 22.4 Å². The molecular formula is C26H29N3O3. The van der Waals surface area contributed by atoms with Gasteiger partial charge in [0.05, 0.1) is 0 Å². The number of hydrogen-bond donors (Lipinski definition) is 1. The molecule has 0 aliphatic carbocycles. The third-order valence-corrected chi connectivity index (χ3v) is 6.17. The zero-order chi connectivity index (χ0) is 22.6. The molecule has 0 bridgehead atoms. The Morgan fingerprint density at radius 2 is 1.94 bits per heavy atom. The largest absolute Gasteiger partial charge is 0.361 e. The van der Waals surface area contributed by atoms with Crippen LogP contribution >= 0.6 is 0 Å². The molecule has 1 N–H and O–H groups in total. The van der Waals surface area contributed by atoms with E-state index in [1.54, 1.807) is 4.90 Å². The lowest BCUT2D eigenvalue weighted by atomic mass is 9.89. The highest BCUT2D eigenvalue weighted by molar-refractivity contribution is 5.92. The summed E-state index contributed by atoms with van der Waals surface area (Å²) in [4.78, 5) is 27.6. The first-order valence-electron chi connectivity index (χ1n) is 11.1. The highest BCUT2D eigenvalue weighted by Crippen LogP contribution is 2.34. The van der Waals surface area contributed by atoms with Crippen molar-refractivity contribution in [1.82, 2.24) is 15.4 Å². The molecule has 2 amide bonds. The molecule has 1 unspecified atom stereocenters. The molecule has 0 spiro atoms. The molecule has 0 radical (unpaired) electrons. The Morgan fingerprint density at radius 1 is 1.12 bits per heavy atom. The van der Waals surface area contributed by atoms with Crippen LogP contribution in [0.1, 0.15) is 36.7 Å². The van der Waals surface area contributed by atoms with E-state index in [2.05, 4.69) is 35.6 Å². The maximum atomic E-state index is 13.5. The molecule has 3 aromatic rings. The average molecular weight is 432 g/mol. The van der Waals surface area contributed by atoms with Gasteiger partial charge < -0.3 is 14.7 Å². The molecule has 2 aromatic carbocycles. The topological polar surface area (TPSA) is 75.4 Å². The van der Waals surface area contributed by atoms with Gasteiger partial charge in [-0.05, 0) is 31.7 Å². The summed E-state index contributed by atoms with van der Waals surface area (Å²) < 4.78 is 5.60. The van der Waals surface area contributed by atoms with Crippen molar-refractivity contribution >= 4 is 11.8 Å². The Labute approximate surface area is 188 Å². The molecule has 6 nitrogen and oxygen atoms in total. The van der Waals surface area contributed by atoms with Crippen molar-refractivity contribution in [3.63, 3.8) is 0 Å². The van der Waals surface area contributed by atoms with Crippen molar-refractivity contribution in [1.29, 1.82) is 0 Å². The van der Waals surface area contributed by atoms with Gasteiger partial charge in [0.15, 0.2) is 0 Å². The quantitative estimate of drug-likeness (QED) is 0.615. The third-order valence-electron chi connectivity index (χ3n) is 6.17. The van der Waals surface area contributed by atoms with E-state index in [4.69, 9.17) is 4.52 Å². The minimum atomic E-state index is -0.952. The second-order valence-electron chi connectivity index (χ2n) is 8.52. The first-order chi connectivity index (χ1) is 15.5. The van der Waals surface area contributed by atoms with E-state index in [9.17, 15) is 9.59 Å². The second-order valence-corrected chi connectivity index (χ2v) is 8.52. The van der Waals surface area contributed by atoms with Gasteiger partial charge in [-0.3, -0.25) is 9.59 Å². The van der Waals surface area contributed by atoms with Gasteiger partial charge in [0.2, 0.25) is 11.8 Å². The van der Waals surface area contributed by atoms with E-state index in [-0.39, 0.29) is 11.8 Å². The maximum Gasteiger partial charge on any atom is 0.246 e. The number of benzene rings is 2. The number of carbonyl (C=O) groups is 2. The first-order valence-corrected chi connectivity index (χ1v) is 11.1. The highest BCUT2D eigenvalue weighted by atomic mass is 16.5. The van der Waals surface area contributed by atoms with Gasteiger partial charge in [-0.25, -0.2) is 0 Å². The first kappa shape index (κ1) is 21.8. The molecule has 1 saturated heterocycles. The Balaban J connectivity index is 1.51. The maximum absolute atomic E-state index is 13.5. The molecule has 1 aliphatic rings. The minimum Gasteiger partial charge on any atom is -0.361 e. The van der Waals surface area contributed by atoms with Gasteiger partial charge in [0.25, 0.3) is 0 Å². The zero-order valence-electron chi connectivity index (χ0n) is 18.6. The Kier molecular flexibility index (Phi) is 6.40. The monoisotopic (exact) mass is 431 g/mol. The molecule has 32 heavy (non-hydrogen) atoms. The van der Waals surface area contributed by atoms with Crippen molar-refractivity contribution in [3.05, 3.63) is 77.6 Å². The van der Waals surface area contributed by atoms with Crippen molar-refractivity contribution in [2.45, 2.75) is 45.1 Å². The van der Waals surface area contributed by atoms with Crippen molar-refractivity contribution in [3.8, 4) is 11.3 Å². The average Bonchev–Trinajstić information content (AvgIpc) is 3.43. The summed E-state index contributed by atoms with van der Waals surface area (Å²) in [6.07, 6.45) is 2.43. The SMILES string of the molecule is CC(=O)N1CCCC1(Cc1cc(-c2ccccc2)no1)C(=O)NCCc1cccc(C)c1. The number of amides is 2. The van der Waals surface area contributed by atoms with Gasteiger partial charge in [-0.15, -0.1) is 0 Å². The summed E-state index contributed by atoms with van der Waals surface area (Å²) in [6, 6.07) is 19.9. The van der Waals surface area contributed by atoms with Crippen molar-refractivity contribution in [2.75, 3.05) is 13.1 Å². The predicted molar refractivity (Wildman–Crippen MR) is 123 cm³/mol. The summed E-state index contributed by atoms with van der Waals surface area (Å²) in [6.45, 7) is 4.67.